The Labute approximate surface area is 175 Å². The predicted octanol–water partition coefficient (Wildman–Crippen LogP) is 5.28. The lowest BCUT2D eigenvalue weighted by atomic mass is 9.61. The van der Waals surface area contributed by atoms with Crippen LogP contribution in [0.3, 0.4) is 0 Å². The summed E-state index contributed by atoms with van der Waals surface area (Å²) >= 11 is 0. The van der Waals surface area contributed by atoms with Gasteiger partial charge in [0.1, 0.15) is 19.0 Å². The Hall–Kier alpha value is -2.30. The summed E-state index contributed by atoms with van der Waals surface area (Å²) in [6.07, 6.45) is 3.77. The smallest absolute Gasteiger partial charge is 0.330 e. The van der Waals surface area contributed by atoms with Crippen molar-refractivity contribution in [1.29, 1.82) is 0 Å². The van der Waals surface area contributed by atoms with Crippen molar-refractivity contribution in [2.75, 3.05) is 20.3 Å². The summed E-state index contributed by atoms with van der Waals surface area (Å²) in [6.45, 7) is 15.1. The molecule has 0 amide bonds. The van der Waals surface area contributed by atoms with Crippen LogP contribution in [0.5, 0.6) is 5.75 Å². The first-order chi connectivity index (χ1) is 13.3. The molecule has 0 spiro atoms. The Balaban J connectivity index is 2.59. The summed E-state index contributed by atoms with van der Waals surface area (Å²) in [5.41, 5.74) is 0.0731. The van der Waals surface area contributed by atoms with E-state index >= 15 is 0 Å². The highest BCUT2D eigenvalue weighted by Gasteiger charge is 2.47. The summed E-state index contributed by atoms with van der Waals surface area (Å²) < 4.78 is 15.8. The lowest BCUT2D eigenvalue weighted by molar-refractivity contribution is -0.165. The van der Waals surface area contributed by atoms with Gasteiger partial charge in [-0.25, -0.2) is 4.79 Å². The second-order valence-electron chi connectivity index (χ2n) is 9.73. The first-order valence-electron chi connectivity index (χ1n) is 9.95. The average molecular weight is 405 g/mol. The SMILES string of the molecule is COC(=O)/C=C/c1ccc(OCCOC(=O)C(C)(CC(C)(C)C)C(C)(C)C)cc1. The Bertz CT molecular complexity index is 704. The monoisotopic (exact) mass is 404 g/mol. The van der Waals surface area contributed by atoms with Gasteiger partial charge < -0.3 is 14.2 Å². The third-order valence-electron chi connectivity index (χ3n) is 5.07. The van der Waals surface area contributed by atoms with Gasteiger partial charge in [-0.2, -0.15) is 0 Å². The van der Waals surface area contributed by atoms with Crippen molar-refractivity contribution in [3.63, 3.8) is 0 Å². The maximum atomic E-state index is 12.9. The quantitative estimate of drug-likeness (QED) is 0.335. The number of hydrogen-bond acceptors (Lipinski definition) is 5. The van der Waals surface area contributed by atoms with E-state index in [0.717, 1.165) is 12.0 Å². The van der Waals surface area contributed by atoms with Gasteiger partial charge in [0.2, 0.25) is 0 Å². The van der Waals surface area contributed by atoms with E-state index < -0.39 is 11.4 Å². The summed E-state index contributed by atoms with van der Waals surface area (Å²) in [7, 11) is 1.34. The molecule has 0 aliphatic carbocycles. The summed E-state index contributed by atoms with van der Waals surface area (Å²) in [5, 5.41) is 0. The van der Waals surface area contributed by atoms with Crippen LogP contribution in [0.15, 0.2) is 30.3 Å². The molecule has 162 valence electrons. The van der Waals surface area contributed by atoms with Gasteiger partial charge in [0.05, 0.1) is 12.5 Å². The van der Waals surface area contributed by atoms with Crippen molar-refractivity contribution in [2.45, 2.75) is 54.9 Å². The van der Waals surface area contributed by atoms with Gasteiger partial charge in [0.15, 0.2) is 0 Å². The Morgan fingerprint density at radius 3 is 2.00 bits per heavy atom. The summed E-state index contributed by atoms with van der Waals surface area (Å²) in [6, 6.07) is 7.27. The van der Waals surface area contributed by atoms with Crippen molar-refractivity contribution in [3.05, 3.63) is 35.9 Å². The lowest BCUT2D eigenvalue weighted by Crippen LogP contribution is -2.44. The fraction of sp³-hybridized carbons (Fsp3) is 0.583. The van der Waals surface area contributed by atoms with Crippen LogP contribution in [0.1, 0.15) is 60.5 Å². The van der Waals surface area contributed by atoms with Crippen LogP contribution in [0.25, 0.3) is 6.08 Å². The van der Waals surface area contributed by atoms with E-state index in [2.05, 4.69) is 46.3 Å². The molecule has 1 atom stereocenters. The van der Waals surface area contributed by atoms with Gasteiger partial charge in [-0.05, 0) is 47.9 Å². The second kappa shape index (κ2) is 9.95. The van der Waals surface area contributed by atoms with E-state index in [0.29, 0.717) is 5.75 Å². The zero-order valence-corrected chi connectivity index (χ0v) is 19.1. The zero-order valence-electron chi connectivity index (χ0n) is 19.1. The van der Waals surface area contributed by atoms with Gasteiger partial charge in [0, 0.05) is 6.08 Å². The standard InChI is InChI=1S/C24H36O5/c1-22(2,3)17-24(7,23(4,5)6)21(26)29-16-15-28-19-12-9-18(10-13-19)11-14-20(25)27-8/h9-14H,15-17H2,1-8H3/b14-11+. The molecule has 5 heteroatoms. The first-order valence-corrected chi connectivity index (χ1v) is 9.95. The molecule has 1 unspecified atom stereocenters. The van der Waals surface area contributed by atoms with Crippen LogP contribution in [0.4, 0.5) is 0 Å². The van der Waals surface area contributed by atoms with Crippen LogP contribution < -0.4 is 4.74 Å². The zero-order chi connectivity index (χ0) is 22.3. The Morgan fingerprint density at radius 1 is 0.931 bits per heavy atom. The van der Waals surface area contributed by atoms with E-state index in [4.69, 9.17) is 9.47 Å². The topological polar surface area (TPSA) is 61.8 Å². The number of hydrogen-bond donors (Lipinski definition) is 0. The summed E-state index contributed by atoms with van der Waals surface area (Å²) in [4.78, 5) is 24.0. The van der Waals surface area contributed by atoms with Gasteiger partial charge in [0.25, 0.3) is 0 Å². The highest BCUT2D eigenvalue weighted by Crippen LogP contribution is 2.47. The van der Waals surface area contributed by atoms with Crippen LogP contribution in [-0.2, 0) is 19.1 Å². The fourth-order valence-electron chi connectivity index (χ4n) is 3.06. The van der Waals surface area contributed by atoms with Crippen molar-refractivity contribution in [1.82, 2.24) is 0 Å². The third kappa shape index (κ3) is 7.92. The van der Waals surface area contributed by atoms with Gasteiger partial charge in [-0.15, -0.1) is 0 Å². The normalized spacial score (nSPS) is 14.3. The number of ether oxygens (including phenoxy) is 3. The van der Waals surface area contributed by atoms with Crippen molar-refractivity contribution in [3.8, 4) is 5.75 Å². The number of carbonyl (C=O) groups excluding carboxylic acids is 2. The molecule has 0 radical (unpaired) electrons. The van der Waals surface area contributed by atoms with Crippen molar-refractivity contribution >= 4 is 18.0 Å². The molecule has 0 aromatic heterocycles. The molecule has 0 fully saturated rings. The molecule has 5 nitrogen and oxygen atoms in total. The van der Waals surface area contributed by atoms with Gasteiger partial charge >= 0.3 is 11.9 Å². The summed E-state index contributed by atoms with van der Waals surface area (Å²) in [5.74, 6) is 0.0808. The highest BCUT2D eigenvalue weighted by molar-refractivity contribution is 5.86. The molecule has 29 heavy (non-hydrogen) atoms. The van der Waals surface area contributed by atoms with E-state index in [-0.39, 0.29) is 30.0 Å². The minimum atomic E-state index is -0.584. The first kappa shape index (κ1) is 24.7. The maximum absolute atomic E-state index is 12.9. The molecule has 0 N–H and O–H groups in total. The third-order valence-corrected chi connectivity index (χ3v) is 5.07. The molecule has 0 saturated carbocycles. The average Bonchev–Trinajstić information content (AvgIpc) is 2.61. The molecule has 0 bridgehead atoms. The van der Waals surface area contributed by atoms with Crippen LogP contribution in [0, 0.1) is 16.2 Å². The number of carbonyl (C=O) groups is 2. The predicted molar refractivity (Wildman–Crippen MR) is 116 cm³/mol. The number of esters is 2. The molecule has 0 heterocycles. The largest absolute Gasteiger partial charge is 0.490 e. The van der Waals surface area contributed by atoms with Crippen LogP contribution in [0.2, 0.25) is 0 Å². The highest BCUT2D eigenvalue weighted by atomic mass is 16.6. The van der Waals surface area contributed by atoms with Gasteiger partial charge in [-0.3, -0.25) is 4.79 Å². The van der Waals surface area contributed by atoms with E-state index in [9.17, 15) is 9.59 Å². The van der Waals surface area contributed by atoms with Crippen LogP contribution >= 0.6 is 0 Å². The van der Waals surface area contributed by atoms with Gasteiger partial charge in [-0.1, -0.05) is 53.7 Å². The molecule has 1 aromatic rings. The minimum Gasteiger partial charge on any atom is -0.490 e. The number of benzene rings is 1. The molecule has 1 rings (SSSR count). The lowest BCUT2D eigenvalue weighted by Gasteiger charge is -2.43. The van der Waals surface area contributed by atoms with Crippen molar-refractivity contribution < 1.29 is 23.8 Å². The molecular weight excluding hydrogens is 368 g/mol. The van der Waals surface area contributed by atoms with Crippen LogP contribution in [-0.4, -0.2) is 32.3 Å². The second-order valence-corrected chi connectivity index (χ2v) is 9.73. The molecule has 1 aromatic carbocycles. The van der Waals surface area contributed by atoms with E-state index in [1.165, 1.54) is 13.2 Å². The molecular formula is C24H36O5. The number of rotatable bonds is 8. The fourth-order valence-corrected chi connectivity index (χ4v) is 3.06. The van der Waals surface area contributed by atoms with Crippen molar-refractivity contribution in [2.24, 2.45) is 16.2 Å². The molecule has 0 aliphatic rings. The minimum absolute atomic E-state index is 0.0155. The Morgan fingerprint density at radius 2 is 1.52 bits per heavy atom. The molecule has 0 aliphatic heterocycles. The van der Waals surface area contributed by atoms with E-state index in [1.807, 2.05) is 19.1 Å². The maximum Gasteiger partial charge on any atom is 0.330 e. The Kier molecular flexibility index (Phi) is 8.49. The van der Waals surface area contributed by atoms with E-state index in [1.54, 1.807) is 18.2 Å². The number of methoxy groups -OCH3 is 1. The molecule has 0 saturated heterocycles.